The van der Waals surface area contributed by atoms with Gasteiger partial charge in [0.05, 0.1) is 41.0 Å². The number of amides is 1. The highest BCUT2D eigenvalue weighted by Crippen LogP contribution is 2.39. The van der Waals surface area contributed by atoms with Crippen LogP contribution >= 0.6 is 0 Å². The third kappa shape index (κ3) is 8.59. The zero-order valence-corrected chi connectivity index (χ0v) is 30.7. The van der Waals surface area contributed by atoms with E-state index in [0.717, 1.165) is 77.3 Å². The molecule has 6 aromatic rings. The number of nitrogens with one attached hydrogen (secondary N) is 1. The highest BCUT2D eigenvalue weighted by atomic mass is 16.7. The average molecular weight is 751 g/mol. The summed E-state index contributed by atoms with van der Waals surface area (Å²) < 4.78 is 13.4. The minimum absolute atomic E-state index is 0.0223. The highest BCUT2D eigenvalue weighted by Gasteiger charge is 2.34. The molecule has 2 N–H and O–H groups in total. The zero-order valence-electron chi connectivity index (χ0n) is 30.7. The van der Waals surface area contributed by atoms with Crippen LogP contribution < -0.4 is 10.2 Å². The molecule has 284 valence electrons. The molecule has 0 radical (unpaired) electrons. The number of piperazine rings is 1. The molecule has 0 bridgehead atoms. The van der Waals surface area contributed by atoms with Gasteiger partial charge < -0.3 is 24.8 Å². The Labute approximate surface area is 324 Å². The van der Waals surface area contributed by atoms with Gasteiger partial charge in [-0.15, -0.1) is 0 Å². The Morgan fingerprint density at radius 1 is 0.804 bits per heavy atom. The quantitative estimate of drug-likeness (QED) is 0.105. The largest absolute Gasteiger partial charge is 0.392 e. The number of aliphatic hydroxyl groups excluding tert-OH is 1. The molecule has 8 rings (SSSR count). The summed E-state index contributed by atoms with van der Waals surface area (Å²) >= 11 is 0. The number of nitro benzene ring substituents is 1. The number of hydrogen-bond acceptors (Lipinski definition) is 10. The lowest BCUT2D eigenvalue weighted by Gasteiger charge is -2.41. The summed E-state index contributed by atoms with van der Waals surface area (Å²) in [6, 6.07) is 38.4. The summed E-state index contributed by atoms with van der Waals surface area (Å²) in [5.41, 5.74) is 8.47. The molecular formula is C44H42N6O6. The molecule has 3 atom stereocenters. The molecule has 3 heterocycles. The number of para-hydroxylation sites is 2. The van der Waals surface area contributed by atoms with E-state index >= 15 is 0 Å². The topological polar surface area (TPSA) is 143 Å². The highest BCUT2D eigenvalue weighted by molar-refractivity contribution is 5.93. The molecule has 0 unspecified atom stereocenters. The molecular weight excluding hydrogens is 709 g/mol. The number of ether oxygens (including phenoxy) is 2. The number of fused-ring (bicyclic) bond motifs is 1. The van der Waals surface area contributed by atoms with E-state index in [9.17, 15) is 20.0 Å². The molecule has 2 aliphatic rings. The lowest BCUT2D eigenvalue weighted by Crippen LogP contribution is -2.49. The minimum atomic E-state index is -0.608. The Hall–Kier alpha value is -6.05. The number of aliphatic hydroxyl groups is 1. The van der Waals surface area contributed by atoms with Gasteiger partial charge in [0.15, 0.2) is 6.29 Å². The average Bonchev–Trinajstić information content (AvgIpc) is 3.25. The molecule has 2 fully saturated rings. The van der Waals surface area contributed by atoms with Crippen molar-refractivity contribution in [3.8, 4) is 11.1 Å². The molecule has 56 heavy (non-hydrogen) atoms. The van der Waals surface area contributed by atoms with Gasteiger partial charge in [-0.2, -0.15) is 0 Å². The first-order valence-corrected chi connectivity index (χ1v) is 18.8. The predicted octanol–water partition coefficient (Wildman–Crippen LogP) is 6.99. The Morgan fingerprint density at radius 2 is 1.54 bits per heavy atom. The monoisotopic (exact) mass is 750 g/mol. The van der Waals surface area contributed by atoms with E-state index in [1.54, 1.807) is 12.1 Å². The van der Waals surface area contributed by atoms with Gasteiger partial charge in [0, 0.05) is 69.1 Å². The second-order valence-corrected chi connectivity index (χ2v) is 14.2. The van der Waals surface area contributed by atoms with Crippen molar-refractivity contribution < 1.29 is 24.3 Å². The van der Waals surface area contributed by atoms with Crippen LogP contribution in [0.3, 0.4) is 0 Å². The number of rotatable bonds is 11. The van der Waals surface area contributed by atoms with Crippen LogP contribution in [0.25, 0.3) is 22.2 Å². The number of carbonyl (C=O) groups excluding carboxylic acids is 1. The van der Waals surface area contributed by atoms with E-state index in [2.05, 4.69) is 43.3 Å². The van der Waals surface area contributed by atoms with Gasteiger partial charge in [-0.25, -0.2) is 4.98 Å². The molecule has 2 saturated heterocycles. The normalized spacial score (nSPS) is 18.8. The van der Waals surface area contributed by atoms with Crippen molar-refractivity contribution in [3.63, 3.8) is 0 Å². The zero-order chi connectivity index (χ0) is 38.4. The summed E-state index contributed by atoms with van der Waals surface area (Å²) in [7, 11) is 0. The third-order valence-corrected chi connectivity index (χ3v) is 10.4. The van der Waals surface area contributed by atoms with Crippen LogP contribution in [0.2, 0.25) is 0 Å². The minimum Gasteiger partial charge on any atom is -0.392 e. The first-order valence-electron chi connectivity index (χ1n) is 18.8. The summed E-state index contributed by atoms with van der Waals surface area (Å²) in [6.45, 7) is 4.32. The van der Waals surface area contributed by atoms with Crippen molar-refractivity contribution in [2.45, 2.75) is 38.1 Å². The molecule has 12 heteroatoms. The smallest absolute Gasteiger partial charge is 0.271 e. The number of nitrogens with zero attached hydrogens (tertiary/aromatic N) is 5. The lowest BCUT2D eigenvalue weighted by molar-refractivity contribution is -0.384. The van der Waals surface area contributed by atoms with Gasteiger partial charge in [0.1, 0.15) is 5.69 Å². The SMILES string of the molecule is O=C(NCc1cccc(-c2cccc([C@@H]3O[C@H](CN4CCN(c5ccc([N+](=O)[O-])cc5)CC4)C[C@H](c4ccc(CO)cc4)O3)c2)c1)c1cnc2ccccc2n1. The first-order chi connectivity index (χ1) is 27.4. The van der Waals surface area contributed by atoms with Crippen LogP contribution in [-0.2, 0) is 22.6 Å². The van der Waals surface area contributed by atoms with Gasteiger partial charge in [-0.3, -0.25) is 24.8 Å². The van der Waals surface area contributed by atoms with Gasteiger partial charge in [-0.1, -0.05) is 72.8 Å². The third-order valence-electron chi connectivity index (χ3n) is 10.4. The fourth-order valence-electron chi connectivity index (χ4n) is 7.36. The fraction of sp³-hybridized carbons (Fsp3) is 0.250. The Bertz CT molecular complexity index is 2310. The van der Waals surface area contributed by atoms with Crippen molar-refractivity contribution in [1.82, 2.24) is 20.2 Å². The fourth-order valence-corrected chi connectivity index (χ4v) is 7.36. The van der Waals surface area contributed by atoms with E-state index in [0.29, 0.717) is 18.5 Å². The standard InChI is InChI=1S/C44H42N6O6/c51-29-30-11-13-32(14-12-30)42-25-38(28-48-19-21-49(22-20-48)36-15-17-37(18-16-36)50(53)54)55-44(56-42)35-8-4-7-34(24-35)33-6-3-5-31(23-33)26-46-43(52)41-27-45-39-9-1-2-10-40(39)47-41/h1-18,23-24,27,38,42,44,51H,19-22,25-26,28-29H2,(H,46,52)/t38-,42+,44+/m0/s1. The van der Waals surface area contributed by atoms with Gasteiger partial charge in [0.25, 0.3) is 11.6 Å². The van der Waals surface area contributed by atoms with Crippen LogP contribution in [0.1, 0.15) is 51.6 Å². The van der Waals surface area contributed by atoms with Crippen LogP contribution in [0.15, 0.2) is 128 Å². The molecule has 0 spiro atoms. The van der Waals surface area contributed by atoms with E-state index in [-0.39, 0.29) is 41.0 Å². The van der Waals surface area contributed by atoms with Crippen LogP contribution in [-0.4, -0.2) is 69.6 Å². The molecule has 2 aliphatic heterocycles. The maximum Gasteiger partial charge on any atom is 0.271 e. The van der Waals surface area contributed by atoms with Crippen molar-refractivity contribution in [1.29, 1.82) is 0 Å². The van der Waals surface area contributed by atoms with Gasteiger partial charge in [0.2, 0.25) is 0 Å². The van der Waals surface area contributed by atoms with E-state index in [4.69, 9.17) is 9.47 Å². The maximum absolute atomic E-state index is 13.0. The van der Waals surface area contributed by atoms with Crippen molar-refractivity contribution in [3.05, 3.63) is 166 Å². The summed E-state index contributed by atoms with van der Waals surface area (Å²) in [6.07, 6.45) is 1.25. The number of carbonyl (C=O) groups is 1. The number of non-ortho nitro benzene ring substituents is 1. The second-order valence-electron chi connectivity index (χ2n) is 14.2. The van der Waals surface area contributed by atoms with Gasteiger partial charge >= 0.3 is 0 Å². The maximum atomic E-state index is 13.0. The summed E-state index contributed by atoms with van der Waals surface area (Å²) in [5.74, 6) is -0.288. The van der Waals surface area contributed by atoms with Crippen LogP contribution in [0.4, 0.5) is 11.4 Å². The molecule has 1 amide bonds. The first kappa shape index (κ1) is 36.9. The Kier molecular flexibility index (Phi) is 11.0. The molecule has 12 nitrogen and oxygen atoms in total. The second kappa shape index (κ2) is 16.8. The molecule has 5 aromatic carbocycles. The van der Waals surface area contributed by atoms with Gasteiger partial charge in [-0.05, 0) is 64.2 Å². The predicted molar refractivity (Wildman–Crippen MR) is 213 cm³/mol. The van der Waals surface area contributed by atoms with Crippen molar-refractivity contribution >= 4 is 28.3 Å². The van der Waals surface area contributed by atoms with Crippen molar-refractivity contribution in [2.24, 2.45) is 0 Å². The number of hydrogen-bond donors (Lipinski definition) is 2. The van der Waals surface area contributed by atoms with E-state index in [1.165, 1.54) is 6.20 Å². The lowest BCUT2D eigenvalue weighted by atomic mass is 9.98. The number of aromatic nitrogens is 2. The molecule has 0 aliphatic carbocycles. The Balaban J connectivity index is 0.954. The number of anilines is 1. The van der Waals surface area contributed by atoms with Crippen molar-refractivity contribution in [2.75, 3.05) is 37.6 Å². The molecule has 0 saturated carbocycles. The van der Waals surface area contributed by atoms with E-state index < -0.39 is 6.29 Å². The number of benzene rings is 5. The summed E-state index contributed by atoms with van der Waals surface area (Å²) in [4.78, 5) is 37.2. The number of nitro groups is 1. The summed E-state index contributed by atoms with van der Waals surface area (Å²) in [5, 5.41) is 23.7. The van der Waals surface area contributed by atoms with E-state index in [1.807, 2.05) is 91.0 Å². The van der Waals surface area contributed by atoms with Crippen LogP contribution in [0.5, 0.6) is 0 Å². The molecule has 1 aromatic heterocycles. The van der Waals surface area contributed by atoms with Crippen LogP contribution in [0, 0.1) is 10.1 Å². The Morgan fingerprint density at radius 3 is 2.29 bits per heavy atom.